The number of likely N-dealkylation sites (N-methyl/N-ethyl adjacent to an activating group) is 2. The maximum Gasteiger partial charge on any atom is 0.343 e. The molecule has 24 nitrogen and oxygen atoms in total. The quantitative estimate of drug-likeness (QED) is 0.0181. The van der Waals surface area contributed by atoms with Crippen LogP contribution in [0.15, 0.2) is 53.3 Å². The minimum absolute atomic E-state index is 0.0257. The first kappa shape index (κ1) is 64.9. The number of aliphatic hydroxyl groups is 1. The van der Waals surface area contributed by atoms with E-state index in [2.05, 4.69) is 21.3 Å². The summed E-state index contributed by atoms with van der Waals surface area (Å²) in [6.07, 6.45) is -1.16. The number of anilines is 1. The Hall–Kier alpha value is -7.24. The van der Waals surface area contributed by atoms with E-state index in [9.17, 15) is 48.3 Å². The minimum Gasteiger partial charge on any atom is -0.458 e. The van der Waals surface area contributed by atoms with Crippen LogP contribution in [0.4, 0.5) is 24.9 Å². The Kier molecular flexibility index (Phi) is 22.6. The third-order valence-corrected chi connectivity index (χ3v) is 24.0. The Morgan fingerprint density at radius 3 is 2.25 bits per heavy atom. The van der Waals surface area contributed by atoms with Gasteiger partial charge in [-0.25, -0.2) is 24.2 Å². The molecule has 4 heterocycles. The molecule has 0 unspecified atom stereocenters. The van der Waals surface area contributed by atoms with Crippen molar-refractivity contribution in [1.29, 1.82) is 0 Å². The van der Waals surface area contributed by atoms with E-state index in [1.165, 1.54) is 23.9 Å². The summed E-state index contributed by atoms with van der Waals surface area (Å²) < 4.78 is 28.7. The Balaban J connectivity index is 0.969. The molecule has 0 spiro atoms. The summed E-state index contributed by atoms with van der Waals surface area (Å²) in [7, 11) is 3.05. The summed E-state index contributed by atoms with van der Waals surface area (Å²) in [6, 6.07) is 10.3. The molecule has 83 heavy (non-hydrogen) atoms. The molecule has 7 N–H and O–H groups in total. The van der Waals surface area contributed by atoms with Gasteiger partial charge in [0.2, 0.25) is 0 Å². The number of carbonyl (C=O) groups is 8. The SMILES string of the molecule is CCc1c2c(nc3ccc(OC(=O)N(C)CCN(C)C(=O)OCc4ccc(NC(=O)[C@H](CCCNC(N)=O)NC(=O)[C@@H](NC(=O)OCC[Se][Se]C(C)(C)COC(=O)C(C)C)C(C)C)cc4)cc13)-c1cc3c(c(=O)n1C2)COC(=O)[C@]3(O)CC. The molecule has 0 bridgehead atoms. The van der Waals surface area contributed by atoms with Crippen molar-refractivity contribution in [2.75, 3.05) is 52.3 Å². The monoisotopic (exact) mass is 1290 g/mol. The Labute approximate surface area is 492 Å². The van der Waals surface area contributed by atoms with Gasteiger partial charge in [0.05, 0.1) is 29.0 Å². The number of benzene rings is 2. The molecule has 2 aromatic carbocycles. The molecule has 2 aliphatic heterocycles. The summed E-state index contributed by atoms with van der Waals surface area (Å²) in [5, 5.41) is 23.2. The number of esters is 2. The van der Waals surface area contributed by atoms with E-state index in [0.29, 0.717) is 46.5 Å². The average Bonchev–Trinajstić information content (AvgIpc) is 2.97. The largest absolute Gasteiger partial charge is 0.458 e. The van der Waals surface area contributed by atoms with Gasteiger partial charge in [-0.05, 0) is 60.4 Å². The van der Waals surface area contributed by atoms with Crippen LogP contribution in [0.5, 0.6) is 5.75 Å². The van der Waals surface area contributed by atoms with Crippen molar-refractivity contribution >= 4 is 90.9 Å². The Morgan fingerprint density at radius 2 is 1.60 bits per heavy atom. The van der Waals surface area contributed by atoms with E-state index in [1.54, 1.807) is 87.7 Å². The number of aromatic nitrogens is 2. The number of cyclic esters (lactones) is 1. The molecule has 7 amide bonds. The van der Waals surface area contributed by atoms with Gasteiger partial charge in [0.1, 0.15) is 19.0 Å². The number of rotatable bonds is 26. The third kappa shape index (κ3) is 16.7. The molecule has 0 aliphatic carbocycles. The van der Waals surface area contributed by atoms with Crippen LogP contribution in [0.2, 0.25) is 9.63 Å². The van der Waals surface area contributed by atoms with Gasteiger partial charge in [0, 0.05) is 43.7 Å². The van der Waals surface area contributed by atoms with Gasteiger partial charge >= 0.3 is 232 Å². The standard InChI is InChI=1S/C57H75N9O15Se2/c1-11-37-38-26-36(19-20-42(38)61-46-39(37)28-66-44(46)27-41-40(49(66)69)30-78-51(71)57(41,76)12-2)81-55(75)65(10)23-22-64(9)54(74)79-29-34-15-17-35(18-16-34)60-47(67)43(14-13-21-59-52(58)72)62-48(68)45(32(3)4)63-53(73)77-24-25-82-83-56(7,8)31-80-50(70)33(5)6/h15-20,26-27,32-33,43,45,76H,11-14,21-25,28-31H2,1-10H3,(H,60,67)(H,62,68)(H,63,73)(H3,58,59,72)/t43-,45-,57-/m0/s1. The van der Waals surface area contributed by atoms with Crippen LogP contribution in [0.25, 0.3) is 22.3 Å². The van der Waals surface area contributed by atoms with Crippen LogP contribution in [0, 0.1) is 11.8 Å². The molecular formula is C57H75N9O15Se2. The predicted molar refractivity (Wildman–Crippen MR) is 308 cm³/mol. The second-order valence-electron chi connectivity index (χ2n) is 21.4. The number of nitrogens with two attached hydrogens (primary N) is 1. The zero-order valence-corrected chi connectivity index (χ0v) is 51.9. The molecule has 3 atom stereocenters. The van der Waals surface area contributed by atoms with E-state index in [-0.39, 0.29) is 136 Å². The van der Waals surface area contributed by atoms with Gasteiger partial charge in [-0.2, -0.15) is 0 Å². The van der Waals surface area contributed by atoms with Crippen LogP contribution in [0.1, 0.15) is 102 Å². The summed E-state index contributed by atoms with van der Waals surface area (Å²) in [5.41, 5.74) is 7.68. The Bertz CT molecular complexity index is 3140. The normalized spacial score (nSPS) is 15.0. The number of urea groups is 1. The van der Waals surface area contributed by atoms with Crippen molar-refractivity contribution < 1.29 is 67.1 Å². The van der Waals surface area contributed by atoms with E-state index < -0.39 is 59.8 Å². The van der Waals surface area contributed by atoms with Gasteiger partial charge in [-0.15, -0.1) is 0 Å². The maximum absolute atomic E-state index is 13.8. The number of primary amides is 1. The molecule has 0 radical (unpaired) electrons. The molecule has 2 aliphatic rings. The number of hydrogen-bond donors (Lipinski definition) is 6. The first-order valence-corrected chi connectivity index (χ1v) is 33.7. The molecule has 450 valence electrons. The number of fused-ring (bicyclic) bond motifs is 5. The summed E-state index contributed by atoms with van der Waals surface area (Å²) in [4.78, 5) is 124. The third-order valence-electron chi connectivity index (χ3n) is 13.9. The van der Waals surface area contributed by atoms with Crippen molar-refractivity contribution in [1.82, 2.24) is 35.3 Å². The van der Waals surface area contributed by atoms with Gasteiger partial charge in [0.15, 0.2) is 5.60 Å². The topological polar surface area (TPSA) is 318 Å². The molecule has 0 saturated heterocycles. The molecular weight excluding hydrogens is 1210 g/mol. The van der Waals surface area contributed by atoms with E-state index in [0.717, 1.165) is 16.5 Å². The zero-order valence-electron chi connectivity index (χ0n) is 48.5. The van der Waals surface area contributed by atoms with Crippen molar-refractivity contribution in [2.45, 2.75) is 128 Å². The molecule has 6 rings (SSSR count). The molecule has 0 saturated carbocycles. The molecule has 2 aromatic heterocycles. The van der Waals surface area contributed by atoms with Gasteiger partial charge in [-0.1, -0.05) is 26.0 Å². The second-order valence-corrected chi connectivity index (χ2v) is 29.8. The zero-order chi connectivity index (χ0) is 60.9. The first-order valence-electron chi connectivity index (χ1n) is 27.3. The van der Waals surface area contributed by atoms with Crippen LogP contribution in [-0.4, -0.2) is 158 Å². The predicted octanol–water partition coefficient (Wildman–Crippen LogP) is 5.10. The van der Waals surface area contributed by atoms with Crippen LogP contribution in [0.3, 0.4) is 0 Å². The molecule has 4 aromatic rings. The number of pyridine rings is 2. The molecule has 26 heteroatoms. The minimum atomic E-state index is -1.95. The summed E-state index contributed by atoms with van der Waals surface area (Å²) in [5.74, 6) is -2.57. The number of ether oxygens (including phenoxy) is 5. The fourth-order valence-corrected chi connectivity index (χ4v) is 16.0. The van der Waals surface area contributed by atoms with E-state index in [4.69, 9.17) is 34.4 Å². The molecule has 0 fully saturated rings. The smallest absolute Gasteiger partial charge is 0.343 e. The van der Waals surface area contributed by atoms with Crippen molar-refractivity contribution in [2.24, 2.45) is 17.6 Å². The van der Waals surface area contributed by atoms with Crippen LogP contribution in [-0.2, 0) is 69.9 Å². The number of hydrogen-bond acceptors (Lipinski definition) is 16. The van der Waals surface area contributed by atoms with Gasteiger partial charge in [0.25, 0.3) is 5.56 Å². The first-order chi connectivity index (χ1) is 39.3. The fourth-order valence-electron chi connectivity index (χ4n) is 9.00. The number of aryl methyl sites for hydroxylation is 1. The number of nitrogens with one attached hydrogen (secondary N) is 4. The van der Waals surface area contributed by atoms with E-state index >= 15 is 0 Å². The average molecular weight is 1280 g/mol. The second kappa shape index (κ2) is 28.8. The summed E-state index contributed by atoms with van der Waals surface area (Å²) in [6.45, 7) is 15.4. The number of nitrogens with zero attached hydrogens (tertiary/aromatic N) is 4. The number of carbonyl (C=O) groups excluding carboxylic acids is 8. The van der Waals surface area contributed by atoms with Crippen LogP contribution >= 0.6 is 0 Å². The van der Waals surface area contributed by atoms with Gasteiger partial charge < -0.3 is 44.7 Å². The summed E-state index contributed by atoms with van der Waals surface area (Å²) >= 11 is 0.306. The Morgan fingerprint density at radius 1 is 0.904 bits per heavy atom. The number of amides is 7. The van der Waals surface area contributed by atoms with E-state index in [1.807, 2.05) is 20.8 Å². The fraction of sp³-hybridized carbons (Fsp3) is 0.509. The maximum atomic E-state index is 13.8. The van der Waals surface area contributed by atoms with Crippen molar-refractivity contribution in [3.05, 3.63) is 86.7 Å². The van der Waals surface area contributed by atoms with Crippen LogP contribution < -0.4 is 37.3 Å². The number of alkyl carbamates (subject to hydrolysis) is 1. The van der Waals surface area contributed by atoms with Crippen molar-refractivity contribution in [3.8, 4) is 17.1 Å². The van der Waals surface area contributed by atoms with Gasteiger partial charge in [-0.3, -0.25) is 4.79 Å². The van der Waals surface area contributed by atoms with Crippen molar-refractivity contribution in [3.63, 3.8) is 0 Å².